The lowest BCUT2D eigenvalue weighted by Crippen LogP contribution is -2.14. The number of hydrogen-bond donors (Lipinski definition) is 0. The van der Waals surface area contributed by atoms with E-state index in [2.05, 4.69) is 15.9 Å². The van der Waals surface area contributed by atoms with Crippen molar-refractivity contribution in [3.8, 4) is 11.5 Å². The van der Waals surface area contributed by atoms with Crippen LogP contribution in [0.15, 0.2) is 51.9 Å². The van der Waals surface area contributed by atoms with E-state index in [1.54, 1.807) is 13.2 Å². The molecule has 4 heteroatoms. The maximum absolute atomic E-state index is 11.3. The molecule has 0 radical (unpaired) electrons. The maximum Gasteiger partial charge on any atom is 0.251 e. The van der Waals surface area contributed by atoms with Gasteiger partial charge in [-0.3, -0.25) is 4.79 Å². The first kappa shape index (κ1) is 11.0. The van der Waals surface area contributed by atoms with Crippen LogP contribution in [0.5, 0.6) is 11.5 Å². The molecule has 0 unspecified atom stereocenters. The molecule has 82 valence electrons. The Bertz CT molecular complexity index is 549. The largest absolute Gasteiger partial charge is 0.455 e. The molecule has 16 heavy (non-hydrogen) atoms. The molecule has 0 amide bonds. The van der Waals surface area contributed by atoms with Gasteiger partial charge < -0.3 is 9.30 Å². The van der Waals surface area contributed by atoms with Crippen molar-refractivity contribution in [2.24, 2.45) is 7.05 Å². The quantitative estimate of drug-likeness (QED) is 0.847. The second-order valence-corrected chi connectivity index (χ2v) is 4.20. The monoisotopic (exact) mass is 279 g/mol. The second kappa shape index (κ2) is 4.53. The number of pyridine rings is 1. The molecule has 0 aliphatic rings. The van der Waals surface area contributed by atoms with Crippen LogP contribution in [0.25, 0.3) is 0 Å². The van der Waals surface area contributed by atoms with Gasteiger partial charge in [-0.15, -0.1) is 0 Å². The molecule has 1 aromatic heterocycles. The molecule has 3 nitrogen and oxygen atoms in total. The van der Waals surface area contributed by atoms with Gasteiger partial charge in [0.05, 0.1) is 10.7 Å². The molecule has 2 aromatic rings. The molecule has 1 aromatic carbocycles. The lowest BCUT2D eigenvalue weighted by Gasteiger charge is -2.08. The smallest absolute Gasteiger partial charge is 0.251 e. The molecule has 0 spiro atoms. The van der Waals surface area contributed by atoms with E-state index >= 15 is 0 Å². The van der Waals surface area contributed by atoms with Crippen LogP contribution in [0.2, 0.25) is 0 Å². The Morgan fingerprint density at radius 2 is 1.94 bits per heavy atom. The van der Waals surface area contributed by atoms with Crippen molar-refractivity contribution in [2.75, 3.05) is 0 Å². The summed E-state index contributed by atoms with van der Waals surface area (Å²) in [7, 11) is 1.69. The standard InChI is InChI=1S/C12H10BrNO2/c1-14-8-11(10(13)7-12(14)15)16-9-5-3-2-4-6-9/h2-8H,1H3. The number of rotatable bonds is 2. The number of hydrogen-bond acceptors (Lipinski definition) is 2. The van der Waals surface area contributed by atoms with Gasteiger partial charge in [0.2, 0.25) is 0 Å². The minimum absolute atomic E-state index is 0.0766. The van der Waals surface area contributed by atoms with Crippen LogP contribution in [0, 0.1) is 0 Å². The van der Waals surface area contributed by atoms with Crippen molar-refractivity contribution in [2.45, 2.75) is 0 Å². The number of para-hydroxylation sites is 1. The van der Waals surface area contributed by atoms with Crippen LogP contribution in [0.3, 0.4) is 0 Å². The third kappa shape index (κ3) is 2.33. The van der Waals surface area contributed by atoms with Crippen LogP contribution in [-0.4, -0.2) is 4.57 Å². The van der Waals surface area contributed by atoms with E-state index in [0.717, 1.165) is 5.75 Å². The Morgan fingerprint density at radius 1 is 1.25 bits per heavy atom. The molecule has 1 heterocycles. The zero-order valence-corrected chi connectivity index (χ0v) is 10.3. The maximum atomic E-state index is 11.3. The number of aromatic nitrogens is 1. The Balaban J connectivity index is 2.36. The summed E-state index contributed by atoms with van der Waals surface area (Å²) in [6, 6.07) is 10.9. The molecule has 0 saturated carbocycles. The van der Waals surface area contributed by atoms with Crippen molar-refractivity contribution in [3.05, 3.63) is 57.4 Å². The normalized spacial score (nSPS) is 10.1. The molecule has 0 aliphatic heterocycles. The number of benzene rings is 1. The number of nitrogens with zero attached hydrogens (tertiary/aromatic N) is 1. The van der Waals surface area contributed by atoms with E-state index in [4.69, 9.17) is 4.74 Å². The van der Waals surface area contributed by atoms with Crippen molar-refractivity contribution in [3.63, 3.8) is 0 Å². The van der Waals surface area contributed by atoms with Gasteiger partial charge in [-0.2, -0.15) is 0 Å². The fourth-order valence-corrected chi connectivity index (χ4v) is 1.65. The predicted molar refractivity (Wildman–Crippen MR) is 65.9 cm³/mol. The zero-order chi connectivity index (χ0) is 11.5. The minimum atomic E-state index is -0.0766. The van der Waals surface area contributed by atoms with Crippen LogP contribution in [0.4, 0.5) is 0 Å². The van der Waals surface area contributed by atoms with Crippen molar-refractivity contribution in [1.29, 1.82) is 0 Å². The summed E-state index contributed by atoms with van der Waals surface area (Å²) in [5.74, 6) is 1.36. The summed E-state index contributed by atoms with van der Waals surface area (Å²) in [5, 5.41) is 0. The molecule has 0 N–H and O–H groups in total. The van der Waals surface area contributed by atoms with E-state index in [0.29, 0.717) is 10.2 Å². The van der Waals surface area contributed by atoms with Gasteiger partial charge >= 0.3 is 0 Å². The highest BCUT2D eigenvalue weighted by atomic mass is 79.9. The van der Waals surface area contributed by atoms with E-state index < -0.39 is 0 Å². The topological polar surface area (TPSA) is 31.2 Å². The van der Waals surface area contributed by atoms with E-state index in [-0.39, 0.29) is 5.56 Å². The summed E-state index contributed by atoms with van der Waals surface area (Å²) in [6.07, 6.45) is 1.65. The van der Waals surface area contributed by atoms with Crippen LogP contribution >= 0.6 is 15.9 Å². The number of ether oxygens (including phenoxy) is 1. The summed E-state index contributed by atoms with van der Waals surface area (Å²) < 4.78 is 7.77. The third-order valence-electron chi connectivity index (χ3n) is 2.12. The molecule has 0 bridgehead atoms. The fourth-order valence-electron chi connectivity index (χ4n) is 1.27. The van der Waals surface area contributed by atoms with Gasteiger partial charge in [-0.25, -0.2) is 0 Å². The Labute approximate surface area is 101 Å². The predicted octanol–water partition coefficient (Wildman–Crippen LogP) is 2.94. The summed E-state index contributed by atoms with van der Waals surface area (Å²) in [4.78, 5) is 11.3. The average Bonchev–Trinajstić information content (AvgIpc) is 2.27. The van der Waals surface area contributed by atoms with Crippen LogP contribution in [0.1, 0.15) is 0 Å². The minimum Gasteiger partial charge on any atom is -0.455 e. The van der Waals surface area contributed by atoms with E-state index in [1.807, 2.05) is 30.3 Å². The first-order chi connectivity index (χ1) is 7.66. The first-order valence-electron chi connectivity index (χ1n) is 4.76. The molecule has 0 saturated heterocycles. The highest BCUT2D eigenvalue weighted by molar-refractivity contribution is 9.10. The zero-order valence-electron chi connectivity index (χ0n) is 8.68. The Hall–Kier alpha value is -1.55. The fraction of sp³-hybridized carbons (Fsp3) is 0.0833. The summed E-state index contributed by atoms with van der Waals surface area (Å²) in [5.41, 5.74) is -0.0766. The lowest BCUT2D eigenvalue weighted by molar-refractivity contribution is 0.472. The van der Waals surface area contributed by atoms with Crippen LogP contribution in [-0.2, 0) is 7.05 Å². The van der Waals surface area contributed by atoms with Gasteiger partial charge in [0.15, 0.2) is 5.75 Å². The van der Waals surface area contributed by atoms with Gasteiger partial charge in [0, 0.05) is 13.1 Å². The lowest BCUT2D eigenvalue weighted by atomic mass is 10.3. The second-order valence-electron chi connectivity index (χ2n) is 3.35. The highest BCUT2D eigenvalue weighted by Gasteiger charge is 2.04. The number of aryl methyl sites for hydroxylation is 1. The molecular formula is C12H10BrNO2. The summed E-state index contributed by atoms with van der Waals surface area (Å²) >= 11 is 3.30. The summed E-state index contributed by atoms with van der Waals surface area (Å²) in [6.45, 7) is 0. The molecule has 0 fully saturated rings. The number of halogens is 1. The molecule has 0 aliphatic carbocycles. The van der Waals surface area contributed by atoms with Crippen molar-refractivity contribution in [1.82, 2.24) is 4.57 Å². The first-order valence-corrected chi connectivity index (χ1v) is 5.55. The van der Waals surface area contributed by atoms with Gasteiger partial charge in [0.25, 0.3) is 5.56 Å². The Morgan fingerprint density at radius 3 is 2.62 bits per heavy atom. The SMILES string of the molecule is Cn1cc(Oc2ccccc2)c(Br)cc1=O. The van der Waals surface area contributed by atoms with E-state index in [9.17, 15) is 4.79 Å². The van der Waals surface area contributed by atoms with Gasteiger partial charge in [-0.05, 0) is 28.1 Å². The molecule has 2 rings (SSSR count). The van der Waals surface area contributed by atoms with Crippen LogP contribution < -0.4 is 10.3 Å². The molecule has 0 atom stereocenters. The van der Waals surface area contributed by atoms with E-state index in [1.165, 1.54) is 10.6 Å². The van der Waals surface area contributed by atoms with Crippen molar-refractivity contribution < 1.29 is 4.74 Å². The Kier molecular flexibility index (Phi) is 3.10. The van der Waals surface area contributed by atoms with Gasteiger partial charge in [0.1, 0.15) is 5.75 Å². The average molecular weight is 280 g/mol. The third-order valence-corrected chi connectivity index (χ3v) is 2.73. The molecular weight excluding hydrogens is 270 g/mol. The van der Waals surface area contributed by atoms with Crippen molar-refractivity contribution >= 4 is 15.9 Å². The van der Waals surface area contributed by atoms with Gasteiger partial charge in [-0.1, -0.05) is 18.2 Å². The highest BCUT2D eigenvalue weighted by Crippen LogP contribution is 2.27.